The van der Waals surface area contributed by atoms with Crippen LogP contribution in [-0.4, -0.2) is 18.4 Å². The highest BCUT2D eigenvalue weighted by molar-refractivity contribution is 9.10. The lowest BCUT2D eigenvalue weighted by Gasteiger charge is -2.12. The minimum atomic E-state index is -0.216. The SMILES string of the molecule is CCC(=O)Nc1ccc(NC(=O)c2ccc(OCC(C)C)c(Br)c2)cc1. The summed E-state index contributed by atoms with van der Waals surface area (Å²) in [6.07, 6.45) is 0.421. The molecular weight excluding hydrogens is 396 g/mol. The van der Waals surface area contributed by atoms with Crippen LogP contribution in [-0.2, 0) is 4.79 Å². The Morgan fingerprint density at radius 1 is 1.04 bits per heavy atom. The molecule has 0 aliphatic rings. The van der Waals surface area contributed by atoms with Gasteiger partial charge in [-0.1, -0.05) is 20.8 Å². The largest absolute Gasteiger partial charge is 0.492 e. The second kappa shape index (κ2) is 9.38. The number of amides is 2. The molecule has 0 aromatic heterocycles. The molecule has 0 bridgehead atoms. The van der Waals surface area contributed by atoms with E-state index in [9.17, 15) is 9.59 Å². The Hall–Kier alpha value is -2.34. The molecule has 2 amide bonds. The molecule has 2 aromatic rings. The van der Waals surface area contributed by atoms with Crippen molar-refractivity contribution < 1.29 is 14.3 Å². The number of carbonyl (C=O) groups is 2. The van der Waals surface area contributed by atoms with Crippen LogP contribution in [0.1, 0.15) is 37.6 Å². The standard InChI is InChI=1S/C20H23BrN2O3/c1-4-19(24)22-15-6-8-16(9-7-15)23-20(25)14-5-10-18(17(21)11-14)26-12-13(2)3/h5-11,13H,4,12H2,1-3H3,(H,22,24)(H,23,25). The van der Waals surface area contributed by atoms with Gasteiger partial charge < -0.3 is 15.4 Å². The van der Waals surface area contributed by atoms with E-state index in [1.54, 1.807) is 49.4 Å². The maximum Gasteiger partial charge on any atom is 0.255 e. The van der Waals surface area contributed by atoms with Gasteiger partial charge in [0.1, 0.15) is 5.75 Å². The van der Waals surface area contributed by atoms with Crippen LogP contribution >= 0.6 is 15.9 Å². The first-order valence-corrected chi connectivity index (χ1v) is 9.32. The van der Waals surface area contributed by atoms with E-state index in [0.29, 0.717) is 41.6 Å². The maximum absolute atomic E-state index is 12.4. The van der Waals surface area contributed by atoms with E-state index >= 15 is 0 Å². The summed E-state index contributed by atoms with van der Waals surface area (Å²) in [5.41, 5.74) is 1.88. The second-order valence-corrected chi connectivity index (χ2v) is 7.14. The number of carbonyl (C=O) groups excluding carboxylic acids is 2. The molecule has 0 aliphatic carbocycles. The Labute approximate surface area is 162 Å². The van der Waals surface area contributed by atoms with E-state index in [-0.39, 0.29) is 11.8 Å². The normalized spacial score (nSPS) is 10.5. The molecule has 0 atom stereocenters. The van der Waals surface area contributed by atoms with Crippen LogP contribution in [0.25, 0.3) is 0 Å². The molecule has 0 heterocycles. The predicted octanol–water partition coefficient (Wildman–Crippen LogP) is 5.08. The van der Waals surface area contributed by atoms with Crippen LogP contribution < -0.4 is 15.4 Å². The zero-order chi connectivity index (χ0) is 19.1. The van der Waals surface area contributed by atoms with Gasteiger partial charge in [-0.25, -0.2) is 0 Å². The lowest BCUT2D eigenvalue weighted by molar-refractivity contribution is -0.115. The Kier molecular flexibility index (Phi) is 7.21. The van der Waals surface area contributed by atoms with Gasteiger partial charge in [0.25, 0.3) is 5.91 Å². The van der Waals surface area contributed by atoms with Crippen LogP contribution in [0.4, 0.5) is 11.4 Å². The second-order valence-electron chi connectivity index (χ2n) is 6.28. The third-order valence-corrected chi connectivity index (χ3v) is 4.13. The molecule has 2 rings (SSSR count). The number of benzene rings is 2. The molecule has 5 nitrogen and oxygen atoms in total. The van der Waals surface area contributed by atoms with Gasteiger partial charge in [-0.3, -0.25) is 9.59 Å². The van der Waals surface area contributed by atoms with E-state index in [1.807, 2.05) is 0 Å². The highest BCUT2D eigenvalue weighted by Crippen LogP contribution is 2.27. The molecule has 0 fully saturated rings. The topological polar surface area (TPSA) is 67.4 Å². The van der Waals surface area contributed by atoms with Gasteiger partial charge >= 0.3 is 0 Å². The van der Waals surface area contributed by atoms with Gasteiger partial charge in [0.05, 0.1) is 11.1 Å². The van der Waals surface area contributed by atoms with Gasteiger partial charge in [0, 0.05) is 23.4 Å². The van der Waals surface area contributed by atoms with Crippen molar-refractivity contribution in [2.24, 2.45) is 5.92 Å². The molecule has 6 heteroatoms. The van der Waals surface area contributed by atoms with E-state index in [2.05, 4.69) is 40.4 Å². The van der Waals surface area contributed by atoms with Gasteiger partial charge in [-0.05, 0) is 64.3 Å². The van der Waals surface area contributed by atoms with Crippen molar-refractivity contribution >= 4 is 39.1 Å². The fourth-order valence-corrected chi connectivity index (χ4v) is 2.60. The van der Waals surface area contributed by atoms with Crippen molar-refractivity contribution in [3.63, 3.8) is 0 Å². The van der Waals surface area contributed by atoms with Gasteiger partial charge in [-0.2, -0.15) is 0 Å². The third-order valence-electron chi connectivity index (χ3n) is 3.51. The van der Waals surface area contributed by atoms with Crippen molar-refractivity contribution in [2.75, 3.05) is 17.2 Å². The summed E-state index contributed by atoms with van der Waals surface area (Å²) in [6.45, 7) is 6.57. The molecule has 138 valence electrons. The van der Waals surface area contributed by atoms with E-state index < -0.39 is 0 Å². The number of hydrogen-bond donors (Lipinski definition) is 2. The van der Waals surface area contributed by atoms with Crippen molar-refractivity contribution in [1.82, 2.24) is 0 Å². The van der Waals surface area contributed by atoms with Crippen LogP contribution in [0.3, 0.4) is 0 Å². The maximum atomic E-state index is 12.4. The van der Waals surface area contributed by atoms with E-state index in [1.165, 1.54) is 0 Å². The summed E-state index contributed by atoms with van der Waals surface area (Å²) in [5.74, 6) is 0.874. The Morgan fingerprint density at radius 3 is 2.19 bits per heavy atom. The molecule has 0 radical (unpaired) electrons. The fraction of sp³-hybridized carbons (Fsp3) is 0.300. The smallest absolute Gasteiger partial charge is 0.255 e. The molecule has 2 N–H and O–H groups in total. The third kappa shape index (κ3) is 5.88. The van der Waals surface area contributed by atoms with Gasteiger partial charge in [-0.15, -0.1) is 0 Å². The number of rotatable bonds is 7. The summed E-state index contributed by atoms with van der Waals surface area (Å²) >= 11 is 3.44. The van der Waals surface area contributed by atoms with Gasteiger partial charge in [0.15, 0.2) is 0 Å². The first kappa shape index (κ1) is 20.0. The van der Waals surface area contributed by atoms with Crippen molar-refractivity contribution in [3.05, 3.63) is 52.5 Å². The van der Waals surface area contributed by atoms with Crippen LogP contribution in [0, 0.1) is 5.92 Å². The van der Waals surface area contributed by atoms with Crippen molar-refractivity contribution in [3.8, 4) is 5.75 Å². The molecule has 26 heavy (non-hydrogen) atoms. The molecule has 0 unspecified atom stereocenters. The fourth-order valence-electron chi connectivity index (χ4n) is 2.11. The summed E-state index contributed by atoms with van der Waals surface area (Å²) in [6, 6.07) is 12.2. The Balaban J connectivity index is 2.01. The minimum absolute atomic E-state index is 0.0496. The highest BCUT2D eigenvalue weighted by Gasteiger charge is 2.10. The molecule has 0 spiro atoms. The van der Waals surface area contributed by atoms with E-state index in [4.69, 9.17) is 4.74 Å². The van der Waals surface area contributed by atoms with Crippen molar-refractivity contribution in [2.45, 2.75) is 27.2 Å². The zero-order valence-electron chi connectivity index (χ0n) is 15.1. The number of ether oxygens (including phenoxy) is 1. The highest BCUT2D eigenvalue weighted by atomic mass is 79.9. The average molecular weight is 419 g/mol. The number of nitrogens with one attached hydrogen (secondary N) is 2. The van der Waals surface area contributed by atoms with Gasteiger partial charge in [0.2, 0.25) is 5.91 Å². The summed E-state index contributed by atoms with van der Waals surface area (Å²) in [5, 5.41) is 5.60. The lowest BCUT2D eigenvalue weighted by Crippen LogP contribution is -2.13. The summed E-state index contributed by atoms with van der Waals surface area (Å²) in [4.78, 5) is 23.8. The van der Waals surface area contributed by atoms with E-state index in [0.717, 1.165) is 4.47 Å². The first-order valence-electron chi connectivity index (χ1n) is 8.52. The number of halogens is 1. The first-order chi connectivity index (χ1) is 12.4. The van der Waals surface area contributed by atoms with Crippen LogP contribution in [0.15, 0.2) is 46.9 Å². The zero-order valence-corrected chi connectivity index (χ0v) is 16.7. The lowest BCUT2D eigenvalue weighted by atomic mass is 10.2. The molecule has 0 saturated heterocycles. The summed E-state index contributed by atoms with van der Waals surface area (Å²) < 4.78 is 6.43. The molecule has 0 aliphatic heterocycles. The predicted molar refractivity (Wildman–Crippen MR) is 108 cm³/mol. The van der Waals surface area contributed by atoms with Crippen molar-refractivity contribution in [1.29, 1.82) is 0 Å². The molecular formula is C20H23BrN2O3. The number of anilines is 2. The Bertz CT molecular complexity index is 773. The number of hydrogen-bond acceptors (Lipinski definition) is 3. The average Bonchev–Trinajstić information content (AvgIpc) is 2.62. The monoisotopic (exact) mass is 418 g/mol. The Morgan fingerprint density at radius 2 is 1.65 bits per heavy atom. The minimum Gasteiger partial charge on any atom is -0.492 e. The van der Waals surface area contributed by atoms with Crippen LogP contribution in [0.5, 0.6) is 5.75 Å². The summed E-state index contributed by atoms with van der Waals surface area (Å²) in [7, 11) is 0. The molecule has 0 saturated carbocycles. The quantitative estimate of drug-likeness (QED) is 0.658. The molecule has 2 aromatic carbocycles. The van der Waals surface area contributed by atoms with Crippen LogP contribution in [0.2, 0.25) is 0 Å².